The van der Waals surface area contributed by atoms with Gasteiger partial charge in [0.25, 0.3) is 5.91 Å². The minimum Gasteiger partial charge on any atom is -0.493 e. The van der Waals surface area contributed by atoms with E-state index in [1.165, 1.54) is 37.5 Å². The number of fused-ring (bicyclic) bond motifs is 1. The van der Waals surface area contributed by atoms with Gasteiger partial charge in [-0.1, -0.05) is 22.4 Å². The van der Waals surface area contributed by atoms with Crippen molar-refractivity contribution in [2.45, 2.75) is 25.7 Å². The molecule has 0 N–H and O–H groups in total. The topological polar surface area (TPSA) is 42.0 Å². The Morgan fingerprint density at radius 1 is 1.12 bits per heavy atom. The first-order valence-electron chi connectivity index (χ1n) is 11.1. The number of hydrogen-bond acceptors (Lipinski definition) is 4. The maximum Gasteiger partial charge on any atom is 0.251 e. The minimum atomic E-state index is -0.342. The van der Waals surface area contributed by atoms with Crippen molar-refractivity contribution >= 4 is 33.6 Å². The van der Waals surface area contributed by atoms with E-state index in [9.17, 15) is 9.18 Å². The molecule has 0 aliphatic carbocycles. The summed E-state index contributed by atoms with van der Waals surface area (Å²) < 4.78 is 25.9. The molecule has 2 aromatic rings. The van der Waals surface area contributed by atoms with Gasteiger partial charge in [0.15, 0.2) is 11.5 Å². The van der Waals surface area contributed by atoms with Gasteiger partial charge in [0.1, 0.15) is 12.4 Å². The number of hydrogen-bond donors (Lipinski definition) is 0. The quantitative estimate of drug-likeness (QED) is 0.496. The molecule has 0 bridgehead atoms. The summed E-state index contributed by atoms with van der Waals surface area (Å²) in [7, 11) is 1.64. The first kappa shape index (κ1) is 22.8. The zero-order valence-electron chi connectivity index (χ0n) is 18.3. The van der Waals surface area contributed by atoms with E-state index >= 15 is 0 Å². The molecule has 2 heterocycles. The molecule has 4 rings (SSSR count). The van der Waals surface area contributed by atoms with Crippen LogP contribution >= 0.6 is 15.9 Å². The van der Waals surface area contributed by atoms with Gasteiger partial charge >= 0.3 is 0 Å². The van der Waals surface area contributed by atoms with Gasteiger partial charge < -0.3 is 14.4 Å². The summed E-state index contributed by atoms with van der Waals surface area (Å²) in [6.07, 6.45) is 7.67. The number of ether oxygens (including phenoxy) is 2. The highest BCUT2D eigenvalue weighted by Gasteiger charge is 2.26. The Morgan fingerprint density at radius 2 is 1.94 bits per heavy atom. The largest absolute Gasteiger partial charge is 0.493 e. The summed E-state index contributed by atoms with van der Waals surface area (Å²) in [6.45, 7) is 4.30. The number of rotatable bonds is 7. The normalized spacial score (nSPS) is 16.4. The lowest BCUT2D eigenvalue weighted by Crippen LogP contribution is -2.33. The Hall–Kier alpha value is -2.38. The average Bonchev–Trinajstić information content (AvgIpc) is 3.22. The fourth-order valence-electron chi connectivity index (χ4n) is 4.26. The highest BCUT2D eigenvalue weighted by molar-refractivity contribution is 9.10. The van der Waals surface area contributed by atoms with E-state index in [1.807, 2.05) is 12.1 Å². The summed E-state index contributed by atoms with van der Waals surface area (Å²) >= 11 is 3.39. The Bertz CT molecular complexity index is 1000. The predicted octanol–water partition coefficient (Wildman–Crippen LogP) is 5.06. The summed E-state index contributed by atoms with van der Waals surface area (Å²) in [5, 5.41) is 0. The van der Waals surface area contributed by atoms with E-state index in [0.29, 0.717) is 30.2 Å². The number of anilines is 1. The molecule has 0 radical (unpaired) electrons. The minimum absolute atomic E-state index is 0.149. The molecule has 5 nitrogen and oxygen atoms in total. The van der Waals surface area contributed by atoms with Crippen LogP contribution < -0.4 is 14.4 Å². The van der Waals surface area contributed by atoms with E-state index < -0.39 is 0 Å². The third-order valence-corrected chi connectivity index (χ3v) is 6.73. The molecule has 1 fully saturated rings. The number of benzene rings is 2. The smallest absolute Gasteiger partial charge is 0.251 e. The van der Waals surface area contributed by atoms with Crippen molar-refractivity contribution < 1.29 is 18.7 Å². The molecule has 0 spiro atoms. The van der Waals surface area contributed by atoms with Crippen LogP contribution in [0.15, 0.2) is 40.9 Å². The standard InChI is InChI=1S/C25H28BrFN2O3/c1-31-23-16-19-9-12-29(25(30)8-5-18-15-20(27)6-7-21(18)26)22(19)17-24(23)32-14-13-28-10-3-2-4-11-28/h5-8,15-17H,2-4,9-14H2,1H3/b8-5+. The number of amides is 1. The van der Waals surface area contributed by atoms with Crippen LogP contribution in [0.4, 0.5) is 10.1 Å². The molecule has 32 heavy (non-hydrogen) atoms. The Morgan fingerprint density at radius 3 is 2.72 bits per heavy atom. The van der Waals surface area contributed by atoms with Crippen molar-refractivity contribution in [3.63, 3.8) is 0 Å². The zero-order valence-corrected chi connectivity index (χ0v) is 19.9. The SMILES string of the molecule is COc1cc2c(cc1OCCN1CCCCC1)N(C(=O)/C=C/c1cc(F)ccc1Br)CC2. The lowest BCUT2D eigenvalue weighted by molar-refractivity contribution is -0.114. The summed E-state index contributed by atoms with van der Waals surface area (Å²) in [5.74, 6) is 0.852. The number of methoxy groups -OCH3 is 1. The number of piperidine rings is 1. The van der Waals surface area contributed by atoms with Gasteiger partial charge in [-0.3, -0.25) is 9.69 Å². The van der Waals surface area contributed by atoms with Crippen molar-refractivity contribution in [1.82, 2.24) is 4.90 Å². The average molecular weight is 503 g/mol. The molecule has 2 aliphatic rings. The van der Waals surface area contributed by atoms with Crippen molar-refractivity contribution in [3.8, 4) is 11.5 Å². The van der Waals surface area contributed by atoms with Gasteiger partial charge in [-0.2, -0.15) is 0 Å². The van der Waals surface area contributed by atoms with E-state index in [0.717, 1.165) is 41.8 Å². The molecule has 2 aliphatic heterocycles. The van der Waals surface area contributed by atoms with Crippen LogP contribution in [-0.2, 0) is 11.2 Å². The van der Waals surface area contributed by atoms with E-state index in [-0.39, 0.29) is 11.7 Å². The number of carbonyl (C=O) groups is 1. The third-order valence-electron chi connectivity index (χ3n) is 6.00. The van der Waals surface area contributed by atoms with Gasteiger partial charge in [0, 0.05) is 29.7 Å². The first-order chi connectivity index (χ1) is 15.5. The molecular weight excluding hydrogens is 475 g/mol. The van der Waals surface area contributed by atoms with Crippen LogP contribution in [0.5, 0.6) is 11.5 Å². The number of halogens is 2. The molecule has 2 aromatic carbocycles. The number of likely N-dealkylation sites (tertiary alicyclic amines) is 1. The lowest BCUT2D eigenvalue weighted by atomic mass is 10.1. The number of carbonyl (C=O) groups excluding carboxylic acids is 1. The molecule has 1 saturated heterocycles. The van der Waals surface area contributed by atoms with E-state index in [1.54, 1.807) is 24.2 Å². The second kappa shape index (κ2) is 10.5. The lowest BCUT2D eigenvalue weighted by Gasteiger charge is -2.26. The molecule has 0 unspecified atom stereocenters. The second-order valence-corrected chi connectivity index (χ2v) is 8.98. The molecule has 0 saturated carbocycles. The number of nitrogens with zero attached hydrogens (tertiary/aromatic N) is 2. The monoisotopic (exact) mass is 502 g/mol. The van der Waals surface area contributed by atoms with Crippen LogP contribution in [-0.4, -0.2) is 50.7 Å². The van der Waals surface area contributed by atoms with Gasteiger partial charge in [-0.15, -0.1) is 0 Å². The van der Waals surface area contributed by atoms with Gasteiger partial charge in [-0.05, 0) is 73.8 Å². The highest BCUT2D eigenvalue weighted by atomic mass is 79.9. The maximum atomic E-state index is 13.5. The molecule has 170 valence electrons. The molecule has 0 atom stereocenters. The third kappa shape index (κ3) is 5.33. The summed E-state index contributed by atoms with van der Waals surface area (Å²) in [4.78, 5) is 17.1. The van der Waals surface area contributed by atoms with Crippen molar-refractivity contribution in [3.05, 3.63) is 57.8 Å². The van der Waals surface area contributed by atoms with Crippen LogP contribution in [0.1, 0.15) is 30.4 Å². The Balaban J connectivity index is 1.47. The van der Waals surface area contributed by atoms with Crippen LogP contribution in [0.3, 0.4) is 0 Å². The zero-order chi connectivity index (χ0) is 22.5. The summed E-state index contributed by atoms with van der Waals surface area (Å²) in [6, 6.07) is 8.27. The second-order valence-electron chi connectivity index (χ2n) is 8.12. The molecular formula is C25H28BrFN2O3. The van der Waals surface area contributed by atoms with Crippen molar-refractivity contribution in [2.75, 3.05) is 44.8 Å². The van der Waals surface area contributed by atoms with Crippen molar-refractivity contribution in [2.24, 2.45) is 0 Å². The van der Waals surface area contributed by atoms with Crippen molar-refractivity contribution in [1.29, 1.82) is 0 Å². The van der Waals surface area contributed by atoms with Crippen LogP contribution in [0, 0.1) is 5.82 Å². The molecule has 7 heteroatoms. The van der Waals surface area contributed by atoms with Crippen LogP contribution in [0.25, 0.3) is 6.08 Å². The van der Waals surface area contributed by atoms with E-state index in [4.69, 9.17) is 9.47 Å². The van der Waals surface area contributed by atoms with Gasteiger partial charge in [0.2, 0.25) is 0 Å². The predicted molar refractivity (Wildman–Crippen MR) is 128 cm³/mol. The van der Waals surface area contributed by atoms with Gasteiger partial charge in [0.05, 0.1) is 12.8 Å². The van der Waals surface area contributed by atoms with Gasteiger partial charge in [-0.25, -0.2) is 4.39 Å². The summed E-state index contributed by atoms with van der Waals surface area (Å²) in [5.41, 5.74) is 2.51. The molecule has 1 amide bonds. The fraction of sp³-hybridized carbons (Fsp3) is 0.400. The maximum absolute atomic E-state index is 13.5. The fourth-order valence-corrected chi connectivity index (χ4v) is 4.64. The molecule has 0 aromatic heterocycles. The first-order valence-corrected chi connectivity index (χ1v) is 11.8. The van der Waals surface area contributed by atoms with E-state index in [2.05, 4.69) is 20.8 Å². The Labute approximate surface area is 196 Å². The highest BCUT2D eigenvalue weighted by Crippen LogP contribution is 2.39. The Kier molecular flexibility index (Phi) is 7.48. The van der Waals surface area contributed by atoms with Crippen LogP contribution in [0.2, 0.25) is 0 Å².